The molecule has 0 spiro atoms. The lowest BCUT2D eigenvalue weighted by atomic mass is 10.1. The summed E-state index contributed by atoms with van der Waals surface area (Å²) in [6.07, 6.45) is 0. The van der Waals surface area contributed by atoms with Crippen LogP contribution >= 0.6 is 11.6 Å². The zero-order chi connectivity index (χ0) is 16.2. The van der Waals surface area contributed by atoms with Gasteiger partial charge in [-0.15, -0.1) is 0 Å². The van der Waals surface area contributed by atoms with Gasteiger partial charge in [0.1, 0.15) is 6.04 Å². The molecule has 0 unspecified atom stereocenters. The number of sulfonamides is 1. The number of carbonyl (C=O) groups is 1. The van der Waals surface area contributed by atoms with E-state index in [2.05, 4.69) is 4.72 Å². The molecule has 2 N–H and O–H groups in total. The molecule has 0 aliphatic heterocycles. The molecule has 0 saturated heterocycles. The highest BCUT2D eigenvalue weighted by atomic mass is 35.5. The second-order valence-electron chi connectivity index (χ2n) is 4.91. The summed E-state index contributed by atoms with van der Waals surface area (Å²) < 4.78 is 31.7. The fraction of sp³-hybridized carbons (Fsp3) is 0.462. The number of aliphatic carboxylic acids is 1. The summed E-state index contributed by atoms with van der Waals surface area (Å²) in [6, 6.07) is 3.04. The van der Waals surface area contributed by atoms with E-state index in [0.717, 1.165) is 0 Å². The minimum Gasteiger partial charge on any atom is -0.480 e. The van der Waals surface area contributed by atoms with E-state index in [-0.39, 0.29) is 16.5 Å². The third-order valence-corrected chi connectivity index (χ3v) is 4.41. The molecule has 0 radical (unpaired) electrons. The standard InChI is InChI=1S/C13H18ClNO5S/c1-8(2)12(13(16)17)15-21(18,19)11-5-9(7-20-3)4-10(14)6-11/h4-6,8,12,15H,7H2,1-3H3,(H,16,17)/t12-/m1/s1. The zero-order valence-electron chi connectivity index (χ0n) is 12.0. The van der Waals surface area contributed by atoms with Crippen molar-refractivity contribution in [2.24, 2.45) is 5.92 Å². The number of carboxylic acids is 1. The van der Waals surface area contributed by atoms with Crippen molar-refractivity contribution >= 4 is 27.6 Å². The van der Waals surface area contributed by atoms with Gasteiger partial charge < -0.3 is 9.84 Å². The Morgan fingerprint density at radius 3 is 2.48 bits per heavy atom. The van der Waals surface area contributed by atoms with Gasteiger partial charge in [-0.05, 0) is 29.7 Å². The van der Waals surface area contributed by atoms with Crippen molar-refractivity contribution in [2.45, 2.75) is 31.4 Å². The topological polar surface area (TPSA) is 92.7 Å². The van der Waals surface area contributed by atoms with E-state index in [1.165, 1.54) is 19.2 Å². The first-order valence-corrected chi connectivity index (χ1v) is 8.07. The first kappa shape index (κ1) is 17.9. The van der Waals surface area contributed by atoms with Gasteiger partial charge in [0.05, 0.1) is 11.5 Å². The summed E-state index contributed by atoms with van der Waals surface area (Å²) in [5, 5.41) is 9.31. The summed E-state index contributed by atoms with van der Waals surface area (Å²) in [5.74, 6) is -1.62. The van der Waals surface area contributed by atoms with Gasteiger partial charge in [-0.25, -0.2) is 8.42 Å². The van der Waals surface area contributed by atoms with Crippen LogP contribution in [0.2, 0.25) is 5.02 Å². The van der Waals surface area contributed by atoms with E-state index >= 15 is 0 Å². The summed E-state index contributed by atoms with van der Waals surface area (Å²) in [7, 11) is -2.50. The molecule has 8 heteroatoms. The van der Waals surface area contributed by atoms with Crippen LogP contribution < -0.4 is 4.72 Å². The van der Waals surface area contributed by atoms with Crippen molar-refractivity contribution < 1.29 is 23.1 Å². The second kappa shape index (κ2) is 7.22. The molecule has 0 heterocycles. The first-order chi connectivity index (χ1) is 9.67. The molecule has 21 heavy (non-hydrogen) atoms. The lowest BCUT2D eigenvalue weighted by Gasteiger charge is -2.18. The van der Waals surface area contributed by atoms with E-state index < -0.39 is 28.0 Å². The Bertz CT molecular complexity index is 615. The normalized spacial score (nSPS) is 13.4. The maximum Gasteiger partial charge on any atom is 0.322 e. The van der Waals surface area contributed by atoms with Gasteiger partial charge in [0.2, 0.25) is 10.0 Å². The van der Waals surface area contributed by atoms with Crippen molar-refractivity contribution in [1.82, 2.24) is 4.72 Å². The Balaban J connectivity index is 3.15. The smallest absolute Gasteiger partial charge is 0.322 e. The predicted octanol–water partition coefficient (Wildman–Crippen LogP) is 1.87. The Kier molecular flexibility index (Phi) is 6.15. The number of hydrogen-bond donors (Lipinski definition) is 2. The highest BCUT2D eigenvalue weighted by Gasteiger charge is 2.28. The first-order valence-electron chi connectivity index (χ1n) is 6.21. The molecule has 0 aromatic heterocycles. The molecular weight excluding hydrogens is 318 g/mol. The van der Waals surface area contributed by atoms with Crippen LogP contribution in [0.15, 0.2) is 23.1 Å². The van der Waals surface area contributed by atoms with Crippen LogP contribution in [-0.2, 0) is 26.2 Å². The quantitative estimate of drug-likeness (QED) is 0.793. The SMILES string of the molecule is COCc1cc(Cl)cc(S(=O)(=O)N[C@@H](C(=O)O)C(C)C)c1. The van der Waals surface area contributed by atoms with E-state index in [0.29, 0.717) is 5.56 Å². The molecule has 1 atom stereocenters. The van der Waals surface area contributed by atoms with Crippen LogP contribution in [0.25, 0.3) is 0 Å². The molecule has 0 amide bonds. The van der Waals surface area contributed by atoms with Gasteiger partial charge in [0.25, 0.3) is 0 Å². The van der Waals surface area contributed by atoms with Crippen LogP contribution in [0.5, 0.6) is 0 Å². The maximum atomic E-state index is 12.3. The highest BCUT2D eigenvalue weighted by Crippen LogP contribution is 2.20. The van der Waals surface area contributed by atoms with Crippen molar-refractivity contribution in [2.75, 3.05) is 7.11 Å². The van der Waals surface area contributed by atoms with Gasteiger partial charge >= 0.3 is 5.97 Å². The molecule has 0 saturated carbocycles. The minimum atomic E-state index is -3.98. The number of rotatable bonds is 7. The van der Waals surface area contributed by atoms with E-state index in [4.69, 9.17) is 21.4 Å². The number of hydrogen-bond acceptors (Lipinski definition) is 4. The summed E-state index contributed by atoms with van der Waals surface area (Å²) in [6.45, 7) is 3.45. The maximum absolute atomic E-state index is 12.3. The molecule has 1 aromatic rings. The van der Waals surface area contributed by atoms with Gasteiger partial charge in [-0.3, -0.25) is 4.79 Å². The predicted molar refractivity (Wildman–Crippen MR) is 78.7 cm³/mol. The molecule has 1 aromatic carbocycles. The van der Waals surface area contributed by atoms with Crippen LogP contribution in [-0.4, -0.2) is 32.6 Å². The lowest BCUT2D eigenvalue weighted by Crippen LogP contribution is -2.44. The van der Waals surface area contributed by atoms with Crippen molar-refractivity contribution in [3.63, 3.8) is 0 Å². The van der Waals surface area contributed by atoms with E-state index in [1.54, 1.807) is 19.9 Å². The number of carboxylic acid groups (broad SMARTS) is 1. The van der Waals surface area contributed by atoms with Crippen LogP contribution in [0.4, 0.5) is 0 Å². The molecule has 0 aliphatic rings. The number of benzene rings is 1. The second-order valence-corrected chi connectivity index (χ2v) is 7.06. The number of nitrogens with one attached hydrogen (secondary N) is 1. The summed E-state index contributed by atoms with van der Waals surface area (Å²) in [4.78, 5) is 11.0. The highest BCUT2D eigenvalue weighted by molar-refractivity contribution is 7.89. The third kappa shape index (κ3) is 4.96. The average Bonchev–Trinajstić information content (AvgIpc) is 2.35. The number of methoxy groups -OCH3 is 1. The van der Waals surface area contributed by atoms with Crippen LogP contribution in [0.3, 0.4) is 0 Å². The Morgan fingerprint density at radius 1 is 1.38 bits per heavy atom. The Labute approximate surface area is 129 Å². The van der Waals surface area contributed by atoms with Gasteiger partial charge in [0, 0.05) is 12.1 Å². The van der Waals surface area contributed by atoms with Crippen molar-refractivity contribution in [1.29, 1.82) is 0 Å². The molecule has 0 aliphatic carbocycles. The fourth-order valence-electron chi connectivity index (χ4n) is 1.73. The molecular formula is C13H18ClNO5S. The lowest BCUT2D eigenvalue weighted by molar-refractivity contribution is -0.140. The van der Waals surface area contributed by atoms with Gasteiger partial charge in [-0.1, -0.05) is 25.4 Å². The van der Waals surface area contributed by atoms with Crippen LogP contribution in [0.1, 0.15) is 19.4 Å². The van der Waals surface area contributed by atoms with Gasteiger partial charge in [0.15, 0.2) is 0 Å². The molecule has 118 valence electrons. The summed E-state index contributed by atoms with van der Waals surface area (Å²) >= 11 is 5.89. The summed E-state index contributed by atoms with van der Waals surface area (Å²) in [5.41, 5.74) is 0.585. The zero-order valence-corrected chi connectivity index (χ0v) is 13.5. The number of ether oxygens (including phenoxy) is 1. The molecule has 0 fully saturated rings. The third-order valence-electron chi connectivity index (χ3n) is 2.77. The monoisotopic (exact) mass is 335 g/mol. The van der Waals surface area contributed by atoms with Crippen molar-refractivity contribution in [3.8, 4) is 0 Å². The van der Waals surface area contributed by atoms with E-state index in [1.807, 2.05) is 0 Å². The molecule has 1 rings (SSSR count). The molecule has 0 bridgehead atoms. The van der Waals surface area contributed by atoms with E-state index in [9.17, 15) is 13.2 Å². The van der Waals surface area contributed by atoms with Gasteiger partial charge in [-0.2, -0.15) is 4.72 Å². The Morgan fingerprint density at radius 2 is 2.00 bits per heavy atom. The average molecular weight is 336 g/mol. The molecule has 6 nitrogen and oxygen atoms in total. The minimum absolute atomic E-state index is 0.0889. The number of halogens is 1. The largest absolute Gasteiger partial charge is 0.480 e. The fourth-order valence-corrected chi connectivity index (χ4v) is 3.49. The van der Waals surface area contributed by atoms with Crippen molar-refractivity contribution in [3.05, 3.63) is 28.8 Å². The Hall–Kier alpha value is -1.15. The van der Waals surface area contributed by atoms with Crippen LogP contribution in [0, 0.1) is 5.92 Å².